The van der Waals surface area contributed by atoms with Crippen LogP contribution in [-0.2, 0) is 0 Å². The first-order valence-corrected chi connectivity index (χ1v) is 5.37. The third-order valence-corrected chi connectivity index (χ3v) is 3.49. The van der Waals surface area contributed by atoms with Crippen molar-refractivity contribution in [3.05, 3.63) is 0 Å². The van der Waals surface area contributed by atoms with Crippen LogP contribution in [0.4, 0.5) is 0 Å². The number of hydrogen-bond acceptors (Lipinski definition) is 3. The summed E-state index contributed by atoms with van der Waals surface area (Å²) in [5, 5.41) is 18.1. The molecule has 2 fully saturated rings. The van der Waals surface area contributed by atoms with Gasteiger partial charge >= 0.3 is 0 Å². The van der Waals surface area contributed by atoms with Crippen molar-refractivity contribution < 1.29 is 10.2 Å². The molecule has 76 valence electrons. The van der Waals surface area contributed by atoms with Crippen LogP contribution in [0.2, 0.25) is 0 Å². The Labute approximate surface area is 79.4 Å². The highest BCUT2D eigenvalue weighted by atomic mass is 16.3. The Morgan fingerprint density at radius 3 is 1.92 bits per heavy atom. The predicted molar refractivity (Wildman–Crippen MR) is 50.5 cm³/mol. The monoisotopic (exact) mass is 185 g/mol. The van der Waals surface area contributed by atoms with Gasteiger partial charge in [-0.3, -0.25) is 4.90 Å². The van der Waals surface area contributed by atoms with Crippen LogP contribution in [0.5, 0.6) is 0 Å². The summed E-state index contributed by atoms with van der Waals surface area (Å²) in [6, 6.07) is 1.16. The maximum absolute atomic E-state index is 9.06. The maximum atomic E-state index is 9.06. The van der Waals surface area contributed by atoms with Crippen molar-refractivity contribution in [3.8, 4) is 0 Å². The van der Waals surface area contributed by atoms with Crippen LogP contribution in [0.1, 0.15) is 32.1 Å². The topological polar surface area (TPSA) is 43.5 Å². The average Bonchev–Trinajstić information content (AvgIpc) is 2.92. The molecule has 1 saturated carbocycles. The van der Waals surface area contributed by atoms with Gasteiger partial charge in [0, 0.05) is 6.04 Å². The molecule has 3 atom stereocenters. The van der Waals surface area contributed by atoms with Crippen molar-refractivity contribution in [1.82, 2.24) is 4.90 Å². The van der Waals surface area contributed by atoms with Crippen LogP contribution in [0, 0.1) is 0 Å². The third kappa shape index (κ3) is 1.73. The fraction of sp³-hybridized carbons (Fsp3) is 1.00. The zero-order chi connectivity index (χ0) is 9.26. The first kappa shape index (κ1) is 9.44. The van der Waals surface area contributed by atoms with Crippen molar-refractivity contribution in [2.24, 2.45) is 0 Å². The molecule has 0 aromatic carbocycles. The van der Waals surface area contributed by atoms with Crippen LogP contribution in [0.3, 0.4) is 0 Å². The molecule has 0 aromatic heterocycles. The summed E-state index contributed by atoms with van der Waals surface area (Å²) in [5.41, 5.74) is 0. The normalized spacial score (nSPS) is 40.6. The molecule has 2 N–H and O–H groups in total. The number of rotatable bonds is 3. The molecule has 1 saturated heterocycles. The van der Waals surface area contributed by atoms with Gasteiger partial charge in [-0.25, -0.2) is 0 Å². The molecule has 1 aliphatic carbocycles. The molecule has 0 radical (unpaired) electrons. The second-order valence-corrected chi connectivity index (χ2v) is 4.24. The highest BCUT2D eigenvalue weighted by molar-refractivity contribution is 5.05. The predicted octanol–water partition coefficient (Wildman–Crippen LogP) is 0.356. The highest BCUT2D eigenvalue weighted by Crippen LogP contribution is 2.36. The molecule has 1 unspecified atom stereocenters. The van der Waals surface area contributed by atoms with Crippen LogP contribution in [-0.4, -0.2) is 46.5 Å². The summed E-state index contributed by atoms with van der Waals surface area (Å²) < 4.78 is 0. The lowest BCUT2D eigenvalue weighted by Crippen LogP contribution is -2.25. The van der Waals surface area contributed by atoms with Crippen LogP contribution in [0.15, 0.2) is 0 Å². The van der Waals surface area contributed by atoms with Crippen molar-refractivity contribution >= 4 is 0 Å². The molecule has 0 bridgehead atoms. The van der Waals surface area contributed by atoms with Crippen LogP contribution in [0.25, 0.3) is 0 Å². The van der Waals surface area contributed by atoms with Crippen molar-refractivity contribution in [2.75, 3.05) is 13.2 Å². The Kier molecular flexibility index (Phi) is 2.86. The molecular weight excluding hydrogens is 166 g/mol. The van der Waals surface area contributed by atoms with Crippen LogP contribution >= 0.6 is 0 Å². The van der Waals surface area contributed by atoms with Gasteiger partial charge < -0.3 is 10.2 Å². The summed E-state index contributed by atoms with van der Waals surface area (Å²) in [7, 11) is 0. The van der Waals surface area contributed by atoms with E-state index in [0.717, 1.165) is 0 Å². The largest absolute Gasteiger partial charge is 0.395 e. The zero-order valence-electron chi connectivity index (χ0n) is 8.02. The lowest BCUT2D eigenvalue weighted by Gasteiger charge is -2.23. The zero-order valence-corrected chi connectivity index (χ0v) is 8.02. The summed E-state index contributed by atoms with van der Waals surface area (Å²) >= 11 is 0. The van der Waals surface area contributed by atoms with Gasteiger partial charge in [0.15, 0.2) is 0 Å². The van der Waals surface area contributed by atoms with Crippen LogP contribution < -0.4 is 0 Å². The van der Waals surface area contributed by atoms with Gasteiger partial charge in [0.1, 0.15) is 0 Å². The van der Waals surface area contributed by atoms with E-state index in [0.29, 0.717) is 6.04 Å². The Bertz CT molecular complexity index is 158. The van der Waals surface area contributed by atoms with Gasteiger partial charge in [0.2, 0.25) is 0 Å². The molecule has 0 amide bonds. The lowest BCUT2D eigenvalue weighted by molar-refractivity contribution is 0.214. The average molecular weight is 185 g/mol. The maximum Gasteiger partial charge on any atom is 0.0603 e. The fourth-order valence-corrected chi connectivity index (χ4v) is 2.71. The summed E-state index contributed by atoms with van der Waals surface area (Å²) in [4.78, 5) is 2.30. The molecule has 0 aromatic rings. The quantitative estimate of drug-likeness (QED) is 0.624. The smallest absolute Gasteiger partial charge is 0.0603 e. The molecule has 13 heavy (non-hydrogen) atoms. The molecule has 3 nitrogen and oxygen atoms in total. The number of nitrogens with zero attached hydrogens (tertiary/aromatic N) is 1. The van der Waals surface area contributed by atoms with Crippen molar-refractivity contribution in [2.45, 2.75) is 50.2 Å². The highest BCUT2D eigenvalue weighted by Gasteiger charge is 2.49. The van der Waals surface area contributed by atoms with E-state index in [1.165, 1.54) is 32.1 Å². The third-order valence-electron chi connectivity index (χ3n) is 3.49. The van der Waals surface area contributed by atoms with Gasteiger partial charge in [-0.2, -0.15) is 0 Å². The van der Waals surface area contributed by atoms with Gasteiger partial charge in [0.25, 0.3) is 0 Å². The number of aliphatic hydroxyl groups excluding tert-OH is 2. The van der Waals surface area contributed by atoms with Gasteiger partial charge in [0.05, 0.1) is 25.3 Å². The Hall–Kier alpha value is -0.120. The van der Waals surface area contributed by atoms with Gasteiger partial charge in [-0.05, 0) is 12.8 Å². The van der Waals surface area contributed by atoms with Gasteiger partial charge in [-0.1, -0.05) is 19.3 Å². The van der Waals surface area contributed by atoms with E-state index in [2.05, 4.69) is 4.90 Å². The van der Waals surface area contributed by atoms with E-state index in [9.17, 15) is 0 Å². The van der Waals surface area contributed by atoms with E-state index in [-0.39, 0.29) is 25.3 Å². The van der Waals surface area contributed by atoms with E-state index < -0.39 is 0 Å². The van der Waals surface area contributed by atoms with Crippen molar-refractivity contribution in [1.29, 1.82) is 0 Å². The summed E-state index contributed by atoms with van der Waals surface area (Å²) in [5.74, 6) is 0. The van der Waals surface area contributed by atoms with E-state index >= 15 is 0 Å². The first-order valence-electron chi connectivity index (χ1n) is 5.37. The molecular formula is C10H19NO2. The van der Waals surface area contributed by atoms with Crippen molar-refractivity contribution in [3.63, 3.8) is 0 Å². The fourth-order valence-electron chi connectivity index (χ4n) is 2.71. The second kappa shape index (κ2) is 3.95. The van der Waals surface area contributed by atoms with E-state index in [4.69, 9.17) is 10.2 Å². The van der Waals surface area contributed by atoms with E-state index in [1.54, 1.807) is 0 Å². The standard InChI is InChI=1S/C10H19NO2/c12-6-9-10(7-13)11(9)8-4-2-1-3-5-8/h8-10,12-13H,1-7H2/t9-,10+,11?. The Morgan fingerprint density at radius 2 is 1.46 bits per heavy atom. The Morgan fingerprint density at radius 1 is 0.923 bits per heavy atom. The molecule has 1 aliphatic heterocycles. The lowest BCUT2D eigenvalue weighted by atomic mass is 9.95. The first-order chi connectivity index (χ1) is 6.38. The van der Waals surface area contributed by atoms with Gasteiger partial charge in [-0.15, -0.1) is 0 Å². The minimum absolute atomic E-state index is 0.210. The molecule has 2 rings (SSSR count). The van der Waals surface area contributed by atoms with E-state index in [1.807, 2.05) is 0 Å². The molecule has 0 spiro atoms. The minimum atomic E-state index is 0.210. The summed E-state index contributed by atoms with van der Waals surface area (Å²) in [6.45, 7) is 0.420. The molecule has 2 aliphatic rings. The number of aliphatic hydroxyl groups is 2. The SMILES string of the molecule is OC[C@@H]1[C@H](CO)N1C1CCCCC1. The minimum Gasteiger partial charge on any atom is -0.395 e. The molecule has 3 heteroatoms. The molecule has 1 heterocycles. The summed E-state index contributed by atoms with van der Waals surface area (Å²) in [6.07, 6.45) is 6.51. The number of hydrogen-bond donors (Lipinski definition) is 2. The Balaban J connectivity index is 1.86. The second-order valence-electron chi connectivity index (χ2n) is 4.24.